The number of benzene rings is 2. The minimum atomic E-state index is -0.542. The van der Waals surface area contributed by atoms with Crippen LogP contribution in [0.3, 0.4) is 0 Å². The lowest BCUT2D eigenvalue weighted by atomic mass is 9.84. The molecule has 1 heterocycles. The molecule has 1 aliphatic carbocycles. The van der Waals surface area contributed by atoms with Crippen LogP contribution in [-0.2, 0) is 18.4 Å². The lowest BCUT2D eigenvalue weighted by Gasteiger charge is -2.33. The normalized spacial score (nSPS) is 18.3. The van der Waals surface area contributed by atoms with Crippen molar-refractivity contribution in [2.75, 3.05) is 20.6 Å². The van der Waals surface area contributed by atoms with E-state index in [4.69, 9.17) is 16.3 Å². The summed E-state index contributed by atoms with van der Waals surface area (Å²) in [6, 6.07) is 14.7. The average molecular weight is 482 g/mol. The Morgan fingerprint density at radius 3 is 2.53 bits per heavy atom. The maximum atomic E-state index is 13.5. The van der Waals surface area contributed by atoms with Gasteiger partial charge in [-0.1, -0.05) is 42.6 Å². The number of Topliss-reactive ketones (excluding diaryl/α,β-unsaturated/α-hetero) is 1. The van der Waals surface area contributed by atoms with Gasteiger partial charge < -0.3 is 19.5 Å². The predicted octanol–water partition coefficient (Wildman–Crippen LogP) is 4.83. The van der Waals surface area contributed by atoms with E-state index in [2.05, 4.69) is 10.2 Å². The number of hydrogen-bond acceptors (Lipinski definition) is 4. The van der Waals surface area contributed by atoms with Crippen LogP contribution >= 0.6 is 11.6 Å². The standard InChI is InChI=1S/C27H32ClN3O3/c1-30(2)16-18-8-4-6-10-22(18)29-27(33)26(32)25-21-9-5-7-11-23(21)31(3)24(25)17-34-20-14-12-19(28)13-15-20/h5,7,9,11-15,18,22H,4,6,8,10,16-17H2,1-3H3,(H,29,33). The van der Waals surface area contributed by atoms with Crippen molar-refractivity contribution in [3.63, 3.8) is 0 Å². The Hall–Kier alpha value is -2.83. The third kappa shape index (κ3) is 5.29. The highest BCUT2D eigenvalue weighted by atomic mass is 35.5. The number of hydrogen-bond donors (Lipinski definition) is 1. The Morgan fingerprint density at radius 2 is 1.79 bits per heavy atom. The van der Waals surface area contributed by atoms with Crippen LogP contribution in [0.5, 0.6) is 5.75 Å². The third-order valence-corrected chi connectivity index (χ3v) is 6.93. The Balaban J connectivity index is 1.60. The molecule has 2 unspecified atom stereocenters. The number of aromatic nitrogens is 1. The van der Waals surface area contributed by atoms with Gasteiger partial charge in [0.05, 0.1) is 11.3 Å². The van der Waals surface area contributed by atoms with E-state index >= 15 is 0 Å². The average Bonchev–Trinajstić information content (AvgIpc) is 3.11. The third-order valence-electron chi connectivity index (χ3n) is 6.68. The molecule has 180 valence electrons. The second-order valence-corrected chi connectivity index (χ2v) is 9.79. The zero-order chi connectivity index (χ0) is 24.2. The number of rotatable bonds is 8. The molecule has 2 aromatic carbocycles. The SMILES string of the molecule is CN(C)CC1CCCCC1NC(=O)C(=O)c1c(COc2ccc(Cl)cc2)n(C)c2ccccc12. The fourth-order valence-electron chi connectivity index (χ4n) is 4.98. The van der Waals surface area contributed by atoms with Gasteiger partial charge in [0.15, 0.2) is 0 Å². The summed E-state index contributed by atoms with van der Waals surface area (Å²) in [4.78, 5) is 28.9. The lowest BCUT2D eigenvalue weighted by Crippen LogP contribution is -2.47. The number of para-hydroxylation sites is 1. The highest BCUT2D eigenvalue weighted by molar-refractivity contribution is 6.45. The van der Waals surface area contributed by atoms with Gasteiger partial charge in [0.2, 0.25) is 0 Å². The number of nitrogens with zero attached hydrogens (tertiary/aromatic N) is 2. The zero-order valence-electron chi connectivity index (χ0n) is 20.0. The smallest absolute Gasteiger partial charge is 0.292 e. The second kappa shape index (κ2) is 10.6. The van der Waals surface area contributed by atoms with Crippen LogP contribution in [-0.4, -0.2) is 47.8 Å². The molecule has 1 aliphatic rings. The number of nitrogens with one attached hydrogen (secondary N) is 1. The lowest BCUT2D eigenvalue weighted by molar-refractivity contribution is -0.118. The van der Waals surface area contributed by atoms with Crippen molar-refractivity contribution in [3.05, 3.63) is 64.8 Å². The number of carbonyl (C=O) groups is 2. The number of carbonyl (C=O) groups excluding carboxylic acids is 2. The molecule has 7 heteroatoms. The van der Waals surface area contributed by atoms with E-state index in [-0.39, 0.29) is 12.6 Å². The summed E-state index contributed by atoms with van der Waals surface area (Å²) >= 11 is 5.98. The highest BCUT2D eigenvalue weighted by Crippen LogP contribution is 2.29. The maximum absolute atomic E-state index is 13.5. The number of ether oxygens (including phenoxy) is 1. The summed E-state index contributed by atoms with van der Waals surface area (Å²) in [6.07, 6.45) is 4.19. The summed E-state index contributed by atoms with van der Waals surface area (Å²) in [7, 11) is 5.98. The fourth-order valence-corrected chi connectivity index (χ4v) is 5.11. The molecule has 0 bridgehead atoms. The van der Waals surface area contributed by atoms with Crippen LogP contribution in [0.4, 0.5) is 0 Å². The fraction of sp³-hybridized carbons (Fsp3) is 0.407. The molecule has 0 spiro atoms. The van der Waals surface area contributed by atoms with E-state index in [0.717, 1.165) is 43.1 Å². The molecular weight excluding hydrogens is 450 g/mol. The van der Waals surface area contributed by atoms with Crippen LogP contribution < -0.4 is 10.1 Å². The van der Waals surface area contributed by atoms with E-state index in [9.17, 15) is 9.59 Å². The van der Waals surface area contributed by atoms with Gasteiger partial charge in [-0.15, -0.1) is 0 Å². The Kier molecular flexibility index (Phi) is 7.59. The zero-order valence-corrected chi connectivity index (χ0v) is 20.8. The first-order valence-electron chi connectivity index (χ1n) is 11.8. The number of amides is 1. The van der Waals surface area contributed by atoms with E-state index < -0.39 is 11.7 Å². The Bertz CT molecular complexity index is 1170. The van der Waals surface area contributed by atoms with Crippen molar-refractivity contribution in [1.29, 1.82) is 0 Å². The van der Waals surface area contributed by atoms with Crippen molar-refractivity contribution >= 4 is 34.2 Å². The molecule has 0 radical (unpaired) electrons. The molecule has 34 heavy (non-hydrogen) atoms. The van der Waals surface area contributed by atoms with Crippen LogP contribution in [0.1, 0.15) is 41.7 Å². The van der Waals surface area contributed by atoms with Gasteiger partial charge in [0, 0.05) is 35.6 Å². The predicted molar refractivity (Wildman–Crippen MR) is 135 cm³/mol. The van der Waals surface area contributed by atoms with Gasteiger partial charge in [-0.25, -0.2) is 0 Å². The molecule has 4 rings (SSSR count). The molecule has 1 fully saturated rings. The number of aryl methyl sites for hydroxylation is 1. The molecule has 1 saturated carbocycles. The first-order valence-corrected chi connectivity index (χ1v) is 12.2. The van der Waals surface area contributed by atoms with E-state index in [1.807, 2.05) is 50.0 Å². The van der Waals surface area contributed by atoms with E-state index in [1.54, 1.807) is 24.3 Å². The first kappa shape index (κ1) is 24.3. The van der Waals surface area contributed by atoms with Crippen LogP contribution in [0.15, 0.2) is 48.5 Å². The monoisotopic (exact) mass is 481 g/mol. The van der Waals surface area contributed by atoms with Crippen LogP contribution in [0.2, 0.25) is 5.02 Å². The van der Waals surface area contributed by atoms with Gasteiger partial charge in [-0.2, -0.15) is 0 Å². The van der Waals surface area contributed by atoms with Crippen LogP contribution in [0, 0.1) is 5.92 Å². The summed E-state index contributed by atoms with van der Waals surface area (Å²) in [5, 5.41) is 4.46. The number of ketones is 1. The maximum Gasteiger partial charge on any atom is 0.292 e. The molecule has 6 nitrogen and oxygen atoms in total. The van der Waals surface area contributed by atoms with Crippen molar-refractivity contribution in [1.82, 2.24) is 14.8 Å². The van der Waals surface area contributed by atoms with Crippen molar-refractivity contribution in [3.8, 4) is 5.75 Å². The van der Waals surface area contributed by atoms with Crippen LogP contribution in [0.25, 0.3) is 10.9 Å². The highest BCUT2D eigenvalue weighted by Gasteiger charge is 2.31. The van der Waals surface area contributed by atoms with E-state index in [0.29, 0.717) is 27.9 Å². The number of halogens is 1. The van der Waals surface area contributed by atoms with Gasteiger partial charge in [0.1, 0.15) is 12.4 Å². The molecule has 0 saturated heterocycles. The van der Waals surface area contributed by atoms with Crippen molar-refractivity contribution in [2.45, 2.75) is 38.3 Å². The summed E-state index contributed by atoms with van der Waals surface area (Å²) in [5.74, 6) is -0.0626. The van der Waals surface area contributed by atoms with Crippen molar-refractivity contribution in [2.24, 2.45) is 13.0 Å². The first-order chi connectivity index (χ1) is 16.3. The van der Waals surface area contributed by atoms with Gasteiger partial charge in [-0.3, -0.25) is 9.59 Å². The second-order valence-electron chi connectivity index (χ2n) is 9.36. The minimum Gasteiger partial charge on any atom is -0.487 e. The quantitative estimate of drug-likeness (QED) is 0.369. The Labute approximate surface area is 205 Å². The van der Waals surface area contributed by atoms with Gasteiger partial charge >= 0.3 is 0 Å². The molecule has 1 aromatic heterocycles. The molecule has 1 amide bonds. The largest absolute Gasteiger partial charge is 0.487 e. The van der Waals surface area contributed by atoms with Gasteiger partial charge in [-0.05, 0) is 63.2 Å². The summed E-state index contributed by atoms with van der Waals surface area (Å²) in [5.41, 5.74) is 1.96. The molecule has 2 atom stereocenters. The molecule has 3 aromatic rings. The number of fused-ring (bicyclic) bond motifs is 1. The van der Waals surface area contributed by atoms with Crippen molar-refractivity contribution < 1.29 is 14.3 Å². The minimum absolute atomic E-state index is 0.0105. The summed E-state index contributed by atoms with van der Waals surface area (Å²) in [6.45, 7) is 1.06. The topological polar surface area (TPSA) is 63.6 Å². The van der Waals surface area contributed by atoms with E-state index in [1.165, 1.54) is 0 Å². The summed E-state index contributed by atoms with van der Waals surface area (Å²) < 4.78 is 7.90. The molecule has 0 aliphatic heterocycles. The Morgan fingerprint density at radius 1 is 1.09 bits per heavy atom. The molecular formula is C27H32ClN3O3. The van der Waals surface area contributed by atoms with Gasteiger partial charge in [0.25, 0.3) is 11.7 Å². The molecule has 1 N–H and O–H groups in total.